The lowest BCUT2D eigenvalue weighted by Gasteiger charge is -2.34. The van der Waals surface area contributed by atoms with E-state index in [1.54, 1.807) is 19.2 Å². The minimum absolute atomic E-state index is 0.373. The van der Waals surface area contributed by atoms with Crippen molar-refractivity contribution in [3.8, 4) is 11.5 Å². The second kappa shape index (κ2) is 11.0. The number of hydroxylamine groups is 1. The third-order valence-electron chi connectivity index (χ3n) is 5.43. The Balaban J connectivity index is 2.02. The second-order valence-corrected chi connectivity index (χ2v) is 8.56. The second-order valence-electron chi connectivity index (χ2n) is 7.50. The van der Waals surface area contributed by atoms with Gasteiger partial charge in [0.2, 0.25) is 0 Å². The Morgan fingerprint density at radius 1 is 1.21 bits per heavy atom. The molecule has 1 aliphatic carbocycles. The van der Waals surface area contributed by atoms with Crippen molar-refractivity contribution >= 4 is 11.3 Å². The number of allylic oxidation sites excluding steroid dienone is 3. The van der Waals surface area contributed by atoms with E-state index in [0.717, 1.165) is 22.9 Å². The fraction of sp³-hybridized carbons (Fsp3) is 0.409. The molecule has 3 rings (SSSR count). The van der Waals surface area contributed by atoms with Crippen LogP contribution in [0.25, 0.3) is 0 Å². The van der Waals surface area contributed by atoms with Crippen LogP contribution in [0, 0.1) is 0 Å². The molecule has 3 N–H and O–H groups in total. The fourth-order valence-electron chi connectivity index (χ4n) is 3.56. The summed E-state index contributed by atoms with van der Waals surface area (Å²) in [5.41, 5.74) is 2.27. The van der Waals surface area contributed by atoms with Gasteiger partial charge in [0.15, 0.2) is 11.5 Å². The molecule has 2 aromatic rings. The molecule has 0 amide bonds. The van der Waals surface area contributed by atoms with Crippen molar-refractivity contribution in [3.05, 3.63) is 63.8 Å². The third-order valence-corrected chi connectivity index (χ3v) is 6.73. The monoisotopic (exact) mass is 488 g/mol. The lowest BCUT2D eigenvalue weighted by Crippen LogP contribution is -2.33. The third kappa shape index (κ3) is 6.24. The lowest BCUT2D eigenvalue weighted by atomic mass is 9.81. The van der Waals surface area contributed by atoms with Crippen molar-refractivity contribution in [2.75, 3.05) is 0 Å². The number of hydrogen-bond acceptors (Lipinski definition) is 7. The Morgan fingerprint density at radius 3 is 2.48 bits per heavy atom. The standard InChI is InChI=1S/C22H24F4N2O4S/c1-2-13(6-9-28-30)10-15(18-12-27-19(33-18)22(29)7-3-8-22)14-4-5-16(31-20(23)24)17(11-14)32-21(25)26/h2,4-6,9,11-12,15,20-21,28-30H,3,7-8,10H2,1H3/b9-6-,13-2+. The van der Waals surface area contributed by atoms with Crippen molar-refractivity contribution in [3.63, 3.8) is 0 Å². The molecular formula is C22H24F4N2O4S. The first kappa shape index (κ1) is 25.0. The minimum atomic E-state index is -3.23. The number of rotatable bonds is 11. The van der Waals surface area contributed by atoms with Crippen LogP contribution in [0.2, 0.25) is 0 Å². The summed E-state index contributed by atoms with van der Waals surface area (Å²) in [4.78, 5) is 5.13. The highest BCUT2D eigenvalue weighted by molar-refractivity contribution is 7.11. The Morgan fingerprint density at radius 2 is 1.91 bits per heavy atom. The van der Waals surface area contributed by atoms with Crippen LogP contribution in [0.4, 0.5) is 17.6 Å². The van der Waals surface area contributed by atoms with Crippen LogP contribution in [0.5, 0.6) is 11.5 Å². The van der Waals surface area contributed by atoms with Crippen LogP contribution in [0.15, 0.2) is 48.3 Å². The highest BCUT2D eigenvalue weighted by Gasteiger charge is 2.39. The number of halogens is 4. The number of aromatic nitrogens is 1. The molecule has 180 valence electrons. The van der Waals surface area contributed by atoms with E-state index in [4.69, 9.17) is 5.21 Å². The van der Waals surface area contributed by atoms with Gasteiger partial charge in [0.05, 0.1) is 0 Å². The van der Waals surface area contributed by atoms with Gasteiger partial charge < -0.3 is 14.6 Å². The summed E-state index contributed by atoms with van der Waals surface area (Å²) >= 11 is 1.31. The van der Waals surface area contributed by atoms with Gasteiger partial charge in [-0.25, -0.2) is 4.98 Å². The van der Waals surface area contributed by atoms with Crippen LogP contribution in [-0.2, 0) is 5.60 Å². The predicted octanol–water partition coefficient (Wildman–Crippen LogP) is 5.68. The summed E-state index contributed by atoms with van der Waals surface area (Å²) in [6.45, 7) is -4.63. The van der Waals surface area contributed by atoms with Crippen LogP contribution in [-0.4, -0.2) is 28.5 Å². The van der Waals surface area contributed by atoms with Crippen molar-refractivity contribution in [1.29, 1.82) is 0 Å². The first-order chi connectivity index (χ1) is 15.8. The number of thiazole rings is 1. The van der Waals surface area contributed by atoms with Gasteiger partial charge in [0.1, 0.15) is 10.6 Å². The maximum atomic E-state index is 12.9. The molecule has 33 heavy (non-hydrogen) atoms. The number of ether oxygens (including phenoxy) is 2. The molecule has 0 radical (unpaired) electrons. The molecule has 0 spiro atoms. The lowest BCUT2D eigenvalue weighted by molar-refractivity contribution is -0.0692. The van der Waals surface area contributed by atoms with Crippen molar-refractivity contribution < 1.29 is 37.3 Å². The average Bonchev–Trinajstić information content (AvgIpc) is 3.23. The SMILES string of the molecule is C/C=C(\C=C/NO)CC(c1ccc(OC(F)F)c(OC(F)F)c1)c1cnc(C2(O)CCC2)s1. The van der Waals surface area contributed by atoms with Gasteiger partial charge in [0.25, 0.3) is 0 Å². The van der Waals surface area contributed by atoms with Crippen LogP contribution >= 0.6 is 11.3 Å². The van der Waals surface area contributed by atoms with E-state index in [2.05, 4.69) is 14.5 Å². The molecular weight excluding hydrogens is 464 g/mol. The zero-order chi connectivity index (χ0) is 24.0. The van der Waals surface area contributed by atoms with E-state index < -0.39 is 36.2 Å². The van der Waals surface area contributed by atoms with Crippen molar-refractivity contribution in [1.82, 2.24) is 10.5 Å². The maximum Gasteiger partial charge on any atom is 0.387 e. The predicted molar refractivity (Wildman–Crippen MR) is 114 cm³/mol. The molecule has 1 aromatic carbocycles. The highest BCUT2D eigenvalue weighted by atomic mass is 32.1. The molecule has 6 nitrogen and oxygen atoms in total. The van der Waals surface area contributed by atoms with Gasteiger partial charge in [-0.2, -0.15) is 17.6 Å². The quantitative estimate of drug-likeness (QED) is 0.215. The zero-order valence-electron chi connectivity index (χ0n) is 17.7. The molecule has 1 aromatic heterocycles. The summed E-state index contributed by atoms with van der Waals surface area (Å²) in [5, 5.41) is 20.1. The molecule has 1 saturated carbocycles. The van der Waals surface area contributed by atoms with Gasteiger partial charge in [-0.3, -0.25) is 10.7 Å². The van der Waals surface area contributed by atoms with Crippen LogP contribution in [0.1, 0.15) is 54.0 Å². The normalized spacial score (nSPS) is 16.8. The Bertz CT molecular complexity index is 993. The van der Waals surface area contributed by atoms with E-state index in [-0.39, 0.29) is 0 Å². The molecule has 0 saturated heterocycles. The summed E-state index contributed by atoms with van der Waals surface area (Å²) in [7, 11) is 0. The topological polar surface area (TPSA) is 83.8 Å². The molecule has 0 bridgehead atoms. The minimum Gasteiger partial charge on any atom is -0.431 e. The molecule has 11 heteroatoms. The molecule has 1 aliphatic rings. The van der Waals surface area contributed by atoms with Gasteiger partial charge in [0, 0.05) is 23.2 Å². The summed E-state index contributed by atoms with van der Waals surface area (Å²) in [6, 6.07) is 3.90. The largest absolute Gasteiger partial charge is 0.431 e. The summed E-state index contributed by atoms with van der Waals surface area (Å²) in [6.07, 6.45) is 8.90. The number of benzene rings is 1. The summed E-state index contributed by atoms with van der Waals surface area (Å²) in [5.74, 6) is -1.43. The number of aliphatic hydroxyl groups is 1. The van der Waals surface area contributed by atoms with E-state index in [1.807, 2.05) is 11.6 Å². The van der Waals surface area contributed by atoms with Crippen molar-refractivity contribution in [2.45, 2.75) is 57.3 Å². The Kier molecular flexibility index (Phi) is 8.33. The van der Waals surface area contributed by atoms with E-state index >= 15 is 0 Å². The van der Waals surface area contributed by atoms with Crippen LogP contribution in [0.3, 0.4) is 0 Å². The number of nitrogens with zero attached hydrogens (tertiary/aromatic N) is 1. The zero-order valence-corrected chi connectivity index (χ0v) is 18.5. The first-order valence-electron chi connectivity index (χ1n) is 10.2. The number of hydrogen-bond donors (Lipinski definition) is 3. The molecule has 1 fully saturated rings. The average molecular weight is 489 g/mol. The van der Waals surface area contributed by atoms with Gasteiger partial charge >= 0.3 is 13.2 Å². The van der Waals surface area contributed by atoms with E-state index in [9.17, 15) is 22.7 Å². The maximum absolute atomic E-state index is 12.9. The van der Waals surface area contributed by atoms with E-state index in [0.29, 0.717) is 29.8 Å². The Hall–Kier alpha value is -2.63. The number of alkyl halides is 4. The summed E-state index contributed by atoms with van der Waals surface area (Å²) < 4.78 is 60.0. The first-order valence-corrected chi connectivity index (χ1v) is 11.0. The fourth-order valence-corrected chi connectivity index (χ4v) is 4.75. The molecule has 0 aliphatic heterocycles. The van der Waals surface area contributed by atoms with Gasteiger partial charge in [-0.05, 0) is 62.0 Å². The highest BCUT2D eigenvalue weighted by Crippen LogP contribution is 2.45. The van der Waals surface area contributed by atoms with Crippen LogP contribution < -0.4 is 15.0 Å². The smallest absolute Gasteiger partial charge is 0.387 e. The Labute approximate surface area is 192 Å². The molecule has 1 heterocycles. The van der Waals surface area contributed by atoms with Crippen molar-refractivity contribution in [2.24, 2.45) is 0 Å². The van der Waals surface area contributed by atoms with Gasteiger partial charge in [-0.1, -0.05) is 12.1 Å². The van der Waals surface area contributed by atoms with E-state index in [1.165, 1.54) is 29.7 Å². The molecule has 1 unspecified atom stereocenters. The van der Waals surface area contributed by atoms with Gasteiger partial charge in [-0.15, -0.1) is 11.3 Å². The number of nitrogens with one attached hydrogen (secondary N) is 1. The molecule has 1 atom stereocenters.